The molecule has 2 saturated heterocycles. The lowest BCUT2D eigenvalue weighted by Gasteiger charge is -2.38. The van der Waals surface area contributed by atoms with Gasteiger partial charge in [-0.25, -0.2) is 9.37 Å². The number of thiophene rings is 1. The Morgan fingerprint density at radius 2 is 1.74 bits per heavy atom. The molecular formula is C26H32FN5O2S. The number of aromatic nitrogens is 2. The maximum Gasteiger partial charge on any atom is 0.260 e. The monoisotopic (exact) mass is 497 g/mol. The molecule has 5 rings (SSSR count). The number of nitrogens with one attached hydrogen (secondary N) is 1. The Labute approximate surface area is 208 Å². The minimum Gasteiger partial charge on any atom is -0.341 e. The second-order valence-corrected chi connectivity index (χ2v) is 11.0. The van der Waals surface area contributed by atoms with Crippen molar-refractivity contribution in [1.82, 2.24) is 24.7 Å². The maximum atomic E-state index is 13.3. The number of piperazine rings is 1. The van der Waals surface area contributed by atoms with Crippen LogP contribution in [0, 0.1) is 17.7 Å². The number of rotatable bonds is 5. The predicted octanol–water partition coefficient (Wildman–Crippen LogP) is 3.41. The second kappa shape index (κ2) is 10.2. The number of fused-ring (bicyclic) bond motifs is 1. The van der Waals surface area contributed by atoms with E-state index in [1.807, 2.05) is 10.3 Å². The van der Waals surface area contributed by atoms with Gasteiger partial charge >= 0.3 is 0 Å². The highest BCUT2D eigenvalue weighted by molar-refractivity contribution is 7.17. The van der Waals surface area contributed by atoms with E-state index < -0.39 is 0 Å². The van der Waals surface area contributed by atoms with Gasteiger partial charge in [0.25, 0.3) is 5.56 Å². The van der Waals surface area contributed by atoms with Crippen LogP contribution in [-0.2, 0) is 11.3 Å². The zero-order chi connectivity index (χ0) is 24.5. The number of carbonyl (C=O) groups is 1. The number of hydrogen-bond acceptors (Lipinski definition) is 6. The maximum absolute atomic E-state index is 13.3. The largest absolute Gasteiger partial charge is 0.341 e. The molecule has 0 radical (unpaired) electrons. The molecule has 35 heavy (non-hydrogen) atoms. The summed E-state index contributed by atoms with van der Waals surface area (Å²) in [7, 11) is 0. The molecule has 2 fully saturated rings. The number of H-pyrrole nitrogens is 1. The Balaban J connectivity index is 1.19. The number of piperidine rings is 1. The fourth-order valence-corrected chi connectivity index (χ4v) is 6.35. The van der Waals surface area contributed by atoms with Crippen LogP contribution in [0.25, 0.3) is 21.3 Å². The van der Waals surface area contributed by atoms with Crippen LogP contribution in [0.15, 0.2) is 34.4 Å². The normalized spacial score (nSPS) is 22.1. The molecular weight excluding hydrogens is 465 g/mol. The van der Waals surface area contributed by atoms with Gasteiger partial charge < -0.3 is 9.88 Å². The van der Waals surface area contributed by atoms with Crippen molar-refractivity contribution in [3.63, 3.8) is 0 Å². The summed E-state index contributed by atoms with van der Waals surface area (Å²) in [5.74, 6) is 1.73. The Kier molecular flexibility index (Phi) is 7.00. The lowest BCUT2D eigenvalue weighted by atomic mass is 9.92. The second-order valence-electron chi connectivity index (χ2n) is 10.1. The molecule has 4 heterocycles. The van der Waals surface area contributed by atoms with E-state index in [9.17, 15) is 14.0 Å². The Bertz CT molecular complexity index is 1240. The molecule has 7 nitrogen and oxygen atoms in total. The number of aromatic amines is 1. The molecule has 0 aliphatic carbocycles. The molecule has 9 heteroatoms. The van der Waals surface area contributed by atoms with Crippen molar-refractivity contribution >= 4 is 27.5 Å². The van der Waals surface area contributed by atoms with E-state index in [4.69, 9.17) is 4.98 Å². The number of amides is 1. The average Bonchev–Trinajstić information content (AvgIpc) is 3.25. The summed E-state index contributed by atoms with van der Waals surface area (Å²) < 4.78 is 13.3. The van der Waals surface area contributed by atoms with E-state index in [1.54, 1.807) is 12.1 Å². The van der Waals surface area contributed by atoms with Gasteiger partial charge in [-0.2, -0.15) is 0 Å². The number of hydrogen-bond donors (Lipinski definition) is 1. The molecule has 2 aromatic heterocycles. The van der Waals surface area contributed by atoms with Gasteiger partial charge in [0.1, 0.15) is 16.5 Å². The van der Waals surface area contributed by atoms with Crippen LogP contribution in [0.4, 0.5) is 4.39 Å². The Morgan fingerprint density at radius 3 is 2.43 bits per heavy atom. The zero-order valence-electron chi connectivity index (χ0n) is 20.3. The summed E-state index contributed by atoms with van der Waals surface area (Å²) in [5.41, 5.74) is 1.41. The van der Waals surface area contributed by atoms with Gasteiger partial charge in [-0.05, 0) is 36.0 Å². The molecule has 0 bridgehead atoms. The summed E-state index contributed by atoms with van der Waals surface area (Å²) in [4.78, 5) is 40.6. The molecule has 2 atom stereocenters. The summed E-state index contributed by atoms with van der Waals surface area (Å²) in [6.45, 7) is 10.5. The fourth-order valence-electron chi connectivity index (χ4n) is 5.39. The molecule has 1 aromatic carbocycles. The molecule has 2 aliphatic heterocycles. The topological polar surface area (TPSA) is 72.5 Å². The molecule has 1 amide bonds. The predicted molar refractivity (Wildman–Crippen MR) is 137 cm³/mol. The van der Waals surface area contributed by atoms with Crippen LogP contribution in [0.2, 0.25) is 0 Å². The van der Waals surface area contributed by atoms with Crippen LogP contribution >= 0.6 is 11.3 Å². The minimum absolute atomic E-state index is 0.167. The first-order chi connectivity index (χ1) is 16.9. The fraction of sp³-hybridized carbons (Fsp3) is 0.500. The molecule has 3 aromatic rings. The first-order valence-corrected chi connectivity index (χ1v) is 13.2. The molecule has 2 unspecified atom stereocenters. The highest BCUT2D eigenvalue weighted by Crippen LogP contribution is 2.31. The average molecular weight is 498 g/mol. The highest BCUT2D eigenvalue weighted by atomic mass is 32.1. The van der Waals surface area contributed by atoms with Gasteiger partial charge in [-0.3, -0.25) is 19.4 Å². The molecule has 1 N–H and O–H groups in total. The summed E-state index contributed by atoms with van der Waals surface area (Å²) in [5, 5.41) is 2.46. The SMILES string of the molecule is CC1CC(C)CN(C(=O)CN2CCN(Cc3nc4scc(-c5ccc(F)cc5)c4c(=O)[nH]3)CC2)C1. The lowest BCUT2D eigenvalue weighted by Crippen LogP contribution is -2.51. The number of likely N-dealkylation sites (tertiary alicyclic amines) is 1. The van der Waals surface area contributed by atoms with Crippen molar-refractivity contribution in [1.29, 1.82) is 0 Å². The molecule has 0 spiro atoms. The van der Waals surface area contributed by atoms with Crippen LogP contribution in [-0.4, -0.2) is 76.4 Å². The Hall–Kier alpha value is -2.62. The standard InChI is InChI=1S/C26H32FN5O2S/c1-17-11-18(2)13-32(12-17)23(33)15-31-9-7-30(8-10-31)14-22-28-25(34)24-21(16-35-26(24)29-22)19-3-5-20(27)6-4-19/h3-6,16-18H,7-15H2,1-2H3,(H,28,29,34). The van der Waals surface area contributed by atoms with E-state index in [0.29, 0.717) is 41.0 Å². The van der Waals surface area contributed by atoms with Gasteiger partial charge in [0.2, 0.25) is 5.91 Å². The van der Waals surface area contributed by atoms with Crippen molar-refractivity contribution < 1.29 is 9.18 Å². The van der Waals surface area contributed by atoms with Gasteiger partial charge in [-0.1, -0.05) is 26.0 Å². The van der Waals surface area contributed by atoms with Gasteiger partial charge in [0.15, 0.2) is 0 Å². The summed E-state index contributed by atoms with van der Waals surface area (Å²) in [6, 6.07) is 6.16. The molecule has 0 saturated carbocycles. The van der Waals surface area contributed by atoms with Crippen molar-refractivity contribution in [3.05, 3.63) is 51.6 Å². The van der Waals surface area contributed by atoms with Gasteiger partial charge in [-0.15, -0.1) is 11.3 Å². The third-order valence-electron chi connectivity index (χ3n) is 7.07. The number of carbonyl (C=O) groups excluding carboxylic acids is 1. The van der Waals surface area contributed by atoms with E-state index in [0.717, 1.165) is 50.4 Å². The van der Waals surface area contributed by atoms with Crippen LogP contribution in [0.3, 0.4) is 0 Å². The van der Waals surface area contributed by atoms with Crippen molar-refractivity contribution in [2.45, 2.75) is 26.8 Å². The van der Waals surface area contributed by atoms with Crippen molar-refractivity contribution in [3.8, 4) is 11.1 Å². The minimum atomic E-state index is -0.303. The Morgan fingerprint density at radius 1 is 1.09 bits per heavy atom. The smallest absolute Gasteiger partial charge is 0.260 e. The first-order valence-electron chi connectivity index (χ1n) is 12.3. The van der Waals surface area contributed by atoms with Crippen LogP contribution < -0.4 is 5.56 Å². The highest BCUT2D eigenvalue weighted by Gasteiger charge is 2.27. The van der Waals surface area contributed by atoms with Gasteiger partial charge in [0.05, 0.1) is 18.5 Å². The van der Waals surface area contributed by atoms with E-state index in [-0.39, 0.29) is 17.3 Å². The zero-order valence-corrected chi connectivity index (χ0v) is 21.1. The number of benzene rings is 1. The number of nitrogens with zero attached hydrogens (tertiary/aromatic N) is 4. The first kappa shape index (κ1) is 24.1. The molecule has 2 aliphatic rings. The lowest BCUT2D eigenvalue weighted by molar-refractivity contribution is -0.135. The van der Waals surface area contributed by atoms with Crippen LogP contribution in [0.1, 0.15) is 26.1 Å². The van der Waals surface area contributed by atoms with Crippen molar-refractivity contribution in [2.75, 3.05) is 45.8 Å². The van der Waals surface area contributed by atoms with Crippen molar-refractivity contribution in [2.24, 2.45) is 11.8 Å². The third-order valence-corrected chi connectivity index (χ3v) is 7.94. The van der Waals surface area contributed by atoms with E-state index in [2.05, 4.69) is 28.6 Å². The van der Waals surface area contributed by atoms with Crippen LogP contribution in [0.5, 0.6) is 0 Å². The van der Waals surface area contributed by atoms with E-state index in [1.165, 1.54) is 29.9 Å². The molecule has 186 valence electrons. The van der Waals surface area contributed by atoms with Gasteiger partial charge in [0, 0.05) is 50.2 Å². The third kappa shape index (κ3) is 5.47. The summed E-state index contributed by atoms with van der Waals surface area (Å²) >= 11 is 1.43. The number of halogens is 1. The summed E-state index contributed by atoms with van der Waals surface area (Å²) in [6.07, 6.45) is 1.20. The van der Waals surface area contributed by atoms with E-state index >= 15 is 0 Å². The quantitative estimate of drug-likeness (QED) is 0.585.